The second-order valence-electron chi connectivity index (χ2n) is 21.7. The Hall–Kier alpha value is -2.63. The highest BCUT2D eigenvalue weighted by atomic mass is 16.6. The predicted molar refractivity (Wildman–Crippen MR) is 316 cm³/mol. The summed E-state index contributed by atoms with van der Waals surface area (Å²) in [5.41, 5.74) is 0. The largest absolute Gasteiger partial charge is 0.462 e. The van der Waals surface area contributed by atoms with Gasteiger partial charge < -0.3 is 14.2 Å². The van der Waals surface area contributed by atoms with Crippen LogP contribution in [0.3, 0.4) is 0 Å². The third kappa shape index (κ3) is 60.1. The van der Waals surface area contributed by atoms with E-state index < -0.39 is 6.10 Å². The molecule has 73 heavy (non-hydrogen) atoms. The molecule has 0 radical (unpaired) electrons. The zero-order chi connectivity index (χ0) is 52.9. The van der Waals surface area contributed by atoms with E-state index in [1.165, 1.54) is 238 Å². The summed E-state index contributed by atoms with van der Waals surface area (Å²) < 4.78 is 16.9. The molecule has 0 aliphatic heterocycles. The van der Waals surface area contributed by atoms with E-state index >= 15 is 0 Å². The van der Waals surface area contributed by atoms with Crippen molar-refractivity contribution in [1.82, 2.24) is 0 Å². The Morgan fingerprint density at radius 2 is 0.493 bits per heavy atom. The summed E-state index contributed by atoms with van der Waals surface area (Å²) in [7, 11) is 0. The normalized spacial score (nSPS) is 12.3. The highest BCUT2D eigenvalue weighted by Gasteiger charge is 2.19. The Morgan fingerprint density at radius 3 is 0.767 bits per heavy atom. The first-order chi connectivity index (χ1) is 36.0. The van der Waals surface area contributed by atoms with E-state index in [2.05, 4.69) is 69.4 Å². The lowest BCUT2D eigenvalue weighted by molar-refractivity contribution is -0.167. The Kier molecular flexibility index (Phi) is 59.7. The van der Waals surface area contributed by atoms with Gasteiger partial charge in [-0.15, -0.1) is 0 Å². The number of unbranched alkanes of at least 4 members (excludes halogenated alkanes) is 40. The van der Waals surface area contributed by atoms with E-state index in [1.807, 2.05) is 0 Å². The SMILES string of the molecule is CCCCCCC/C=C\C/C=C\CCCCCCCCCCCC(=O)OCC(COC(=O)CCCCCCCCC/C=C\CCCCCCCC)OC(=O)CCCCCCCCC/C=C\CCCCCCCC. The minimum absolute atomic E-state index is 0.0762. The predicted octanol–water partition coefficient (Wildman–Crippen LogP) is 21.8. The van der Waals surface area contributed by atoms with Crippen LogP contribution < -0.4 is 0 Å². The lowest BCUT2D eigenvalue weighted by atomic mass is 10.1. The number of allylic oxidation sites excluding steroid dienone is 8. The van der Waals surface area contributed by atoms with Crippen molar-refractivity contribution in [1.29, 1.82) is 0 Å². The Labute approximate surface area is 454 Å². The van der Waals surface area contributed by atoms with E-state index in [4.69, 9.17) is 14.2 Å². The first-order valence-corrected chi connectivity index (χ1v) is 32.1. The van der Waals surface area contributed by atoms with Gasteiger partial charge in [-0.25, -0.2) is 0 Å². The fourth-order valence-corrected chi connectivity index (χ4v) is 9.41. The minimum atomic E-state index is -0.779. The lowest BCUT2D eigenvalue weighted by Gasteiger charge is -2.18. The summed E-state index contributed by atoms with van der Waals surface area (Å²) in [5, 5.41) is 0. The highest BCUT2D eigenvalue weighted by Crippen LogP contribution is 2.16. The maximum Gasteiger partial charge on any atom is 0.306 e. The maximum absolute atomic E-state index is 12.9. The molecule has 0 aromatic rings. The molecule has 0 N–H and O–H groups in total. The molecule has 6 heteroatoms. The molecule has 0 aliphatic carbocycles. The number of hydrogen-bond donors (Lipinski definition) is 0. The Balaban J connectivity index is 4.35. The number of esters is 3. The summed E-state index contributed by atoms with van der Waals surface area (Å²) in [6.45, 7) is 6.66. The molecular weight excluding hydrogens is 901 g/mol. The molecule has 0 fully saturated rings. The van der Waals surface area contributed by atoms with Crippen LogP contribution in [-0.2, 0) is 28.6 Å². The van der Waals surface area contributed by atoms with Crippen molar-refractivity contribution in [2.24, 2.45) is 0 Å². The molecule has 0 aliphatic rings. The molecule has 1 atom stereocenters. The van der Waals surface area contributed by atoms with Gasteiger partial charge >= 0.3 is 17.9 Å². The fraction of sp³-hybridized carbons (Fsp3) is 0.836. The van der Waals surface area contributed by atoms with Crippen molar-refractivity contribution < 1.29 is 28.6 Å². The van der Waals surface area contributed by atoms with Crippen LogP contribution in [0.25, 0.3) is 0 Å². The topological polar surface area (TPSA) is 78.9 Å². The molecule has 0 aromatic heterocycles. The number of hydrogen-bond acceptors (Lipinski definition) is 6. The molecule has 0 aromatic carbocycles. The van der Waals surface area contributed by atoms with Gasteiger partial charge in [-0.3, -0.25) is 14.4 Å². The Morgan fingerprint density at radius 1 is 0.274 bits per heavy atom. The molecule has 0 amide bonds. The average Bonchev–Trinajstić information content (AvgIpc) is 3.39. The average molecular weight is 1020 g/mol. The fourth-order valence-electron chi connectivity index (χ4n) is 9.41. The summed E-state index contributed by atoms with van der Waals surface area (Å²) in [6.07, 6.45) is 76.8. The summed E-state index contributed by atoms with van der Waals surface area (Å²) in [5.74, 6) is -0.869. The van der Waals surface area contributed by atoms with Crippen LogP contribution in [0, 0.1) is 0 Å². The van der Waals surface area contributed by atoms with E-state index in [9.17, 15) is 14.4 Å². The van der Waals surface area contributed by atoms with Gasteiger partial charge in [-0.05, 0) is 103 Å². The van der Waals surface area contributed by atoms with Gasteiger partial charge in [0.2, 0.25) is 0 Å². The standard InChI is InChI=1S/C67H122O6/c1-4-7-10-13-16-19-22-25-28-31-32-33-34-37-39-42-45-48-51-54-57-60-66(69)72-63-64(73-67(70)61-58-55-52-49-46-43-40-36-30-27-24-21-18-15-12-9-6-3)62-71-65(68)59-56-53-50-47-44-41-38-35-29-26-23-20-17-14-11-8-5-2/h22,25-27,29-32,64H,4-21,23-24,28,33-63H2,1-3H3/b25-22-,29-26-,30-27-,32-31-. The molecule has 426 valence electrons. The van der Waals surface area contributed by atoms with Crippen LogP contribution in [0.4, 0.5) is 0 Å². The van der Waals surface area contributed by atoms with E-state index in [1.54, 1.807) is 0 Å². The van der Waals surface area contributed by atoms with Gasteiger partial charge in [0.1, 0.15) is 13.2 Å². The molecule has 0 spiro atoms. The molecule has 0 bridgehead atoms. The number of ether oxygens (including phenoxy) is 3. The van der Waals surface area contributed by atoms with Crippen LogP contribution in [0.15, 0.2) is 48.6 Å². The second kappa shape index (κ2) is 61.9. The lowest BCUT2D eigenvalue weighted by Crippen LogP contribution is -2.30. The van der Waals surface area contributed by atoms with Gasteiger partial charge in [0.15, 0.2) is 6.10 Å². The van der Waals surface area contributed by atoms with Crippen LogP contribution in [0.2, 0.25) is 0 Å². The summed E-state index contributed by atoms with van der Waals surface area (Å²) >= 11 is 0. The first kappa shape index (κ1) is 70.4. The summed E-state index contributed by atoms with van der Waals surface area (Å²) in [4.78, 5) is 38.3. The second-order valence-corrected chi connectivity index (χ2v) is 21.7. The molecule has 0 heterocycles. The molecule has 0 saturated heterocycles. The third-order valence-electron chi connectivity index (χ3n) is 14.3. The Bertz CT molecular complexity index is 1270. The first-order valence-electron chi connectivity index (χ1n) is 32.1. The van der Waals surface area contributed by atoms with Gasteiger partial charge in [-0.1, -0.05) is 268 Å². The zero-order valence-corrected chi connectivity index (χ0v) is 48.9. The quantitative estimate of drug-likeness (QED) is 0.0261. The number of carbonyl (C=O) groups is 3. The molecule has 1 unspecified atom stereocenters. The van der Waals surface area contributed by atoms with Crippen LogP contribution in [0.1, 0.15) is 342 Å². The van der Waals surface area contributed by atoms with E-state index in [0.29, 0.717) is 19.3 Å². The van der Waals surface area contributed by atoms with Crippen molar-refractivity contribution in [3.63, 3.8) is 0 Å². The molecular formula is C67H122O6. The summed E-state index contributed by atoms with van der Waals surface area (Å²) in [6, 6.07) is 0. The van der Waals surface area contributed by atoms with Crippen molar-refractivity contribution in [3.8, 4) is 0 Å². The van der Waals surface area contributed by atoms with Crippen molar-refractivity contribution in [3.05, 3.63) is 48.6 Å². The van der Waals surface area contributed by atoms with E-state index in [-0.39, 0.29) is 31.1 Å². The van der Waals surface area contributed by atoms with Crippen LogP contribution >= 0.6 is 0 Å². The molecule has 0 saturated carbocycles. The zero-order valence-electron chi connectivity index (χ0n) is 48.9. The number of rotatable bonds is 59. The van der Waals surface area contributed by atoms with Crippen molar-refractivity contribution >= 4 is 17.9 Å². The smallest absolute Gasteiger partial charge is 0.306 e. The van der Waals surface area contributed by atoms with Crippen molar-refractivity contribution in [2.75, 3.05) is 13.2 Å². The van der Waals surface area contributed by atoms with Crippen molar-refractivity contribution in [2.45, 2.75) is 348 Å². The molecule has 0 rings (SSSR count). The van der Waals surface area contributed by atoms with Crippen LogP contribution in [0.5, 0.6) is 0 Å². The molecule has 6 nitrogen and oxygen atoms in total. The number of carbonyl (C=O) groups excluding carboxylic acids is 3. The third-order valence-corrected chi connectivity index (χ3v) is 14.3. The maximum atomic E-state index is 12.9. The van der Waals surface area contributed by atoms with Gasteiger partial charge in [0, 0.05) is 19.3 Å². The van der Waals surface area contributed by atoms with Crippen LogP contribution in [-0.4, -0.2) is 37.2 Å². The monoisotopic (exact) mass is 1020 g/mol. The van der Waals surface area contributed by atoms with Gasteiger partial charge in [0.05, 0.1) is 0 Å². The highest BCUT2D eigenvalue weighted by molar-refractivity contribution is 5.71. The van der Waals surface area contributed by atoms with Gasteiger partial charge in [0.25, 0.3) is 0 Å². The minimum Gasteiger partial charge on any atom is -0.462 e. The van der Waals surface area contributed by atoms with E-state index in [0.717, 1.165) is 64.2 Å². The van der Waals surface area contributed by atoms with Gasteiger partial charge in [-0.2, -0.15) is 0 Å².